The van der Waals surface area contributed by atoms with E-state index in [1.54, 1.807) is 0 Å². The summed E-state index contributed by atoms with van der Waals surface area (Å²) < 4.78 is 0. The first kappa shape index (κ1) is 15.7. The van der Waals surface area contributed by atoms with Crippen LogP contribution < -0.4 is 0 Å². The lowest BCUT2D eigenvalue weighted by molar-refractivity contribution is -0.132. The quantitative estimate of drug-likeness (QED) is 0.796. The van der Waals surface area contributed by atoms with Crippen LogP contribution in [0.4, 0.5) is 0 Å². The van der Waals surface area contributed by atoms with Gasteiger partial charge in [0, 0.05) is 38.2 Å². The molecule has 1 aromatic carbocycles. The number of hydrogen-bond acceptors (Lipinski definition) is 3. The third-order valence-corrected chi connectivity index (χ3v) is 4.22. The van der Waals surface area contributed by atoms with E-state index >= 15 is 0 Å². The Morgan fingerprint density at radius 1 is 1.05 bits per heavy atom. The van der Waals surface area contributed by atoms with Gasteiger partial charge in [0.15, 0.2) is 5.78 Å². The van der Waals surface area contributed by atoms with E-state index in [4.69, 9.17) is 0 Å². The number of carbonyl (C=O) groups is 2. The third-order valence-electron chi connectivity index (χ3n) is 4.22. The van der Waals surface area contributed by atoms with Gasteiger partial charge in [-0.15, -0.1) is 0 Å². The van der Waals surface area contributed by atoms with Crippen molar-refractivity contribution in [3.8, 4) is 0 Å². The van der Waals surface area contributed by atoms with Gasteiger partial charge in [0.05, 0.1) is 6.54 Å². The van der Waals surface area contributed by atoms with Gasteiger partial charge in [-0.3, -0.25) is 14.5 Å². The lowest BCUT2D eigenvalue weighted by Gasteiger charge is -2.34. The van der Waals surface area contributed by atoms with Crippen LogP contribution in [0.2, 0.25) is 0 Å². The van der Waals surface area contributed by atoms with Gasteiger partial charge in [0.1, 0.15) is 0 Å². The largest absolute Gasteiger partial charge is 0.340 e. The van der Waals surface area contributed by atoms with Gasteiger partial charge in [-0.2, -0.15) is 0 Å². The molecule has 1 amide bonds. The highest BCUT2D eigenvalue weighted by molar-refractivity contribution is 5.97. The van der Waals surface area contributed by atoms with Crippen molar-refractivity contribution in [2.75, 3.05) is 32.7 Å². The van der Waals surface area contributed by atoms with Gasteiger partial charge in [-0.1, -0.05) is 19.1 Å². The number of carbonyl (C=O) groups excluding carboxylic acids is 2. The minimum absolute atomic E-state index is 0.161. The number of hydrogen-bond donors (Lipinski definition) is 0. The summed E-state index contributed by atoms with van der Waals surface area (Å²) in [5, 5.41) is 0. The molecule has 0 atom stereocenters. The zero-order chi connectivity index (χ0) is 15.4. The van der Waals surface area contributed by atoms with Crippen molar-refractivity contribution in [2.45, 2.75) is 27.2 Å². The highest BCUT2D eigenvalue weighted by Crippen LogP contribution is 2.12. The van der Waals surface area contributed by atoms with Gasteiger partial charge >= 0.3 is 0 Å². The Bertz CT molecular complexity index is 532. The minimum atomic E-state index is 0.161. The molecule has 0 unspecified atom stereocenters. The van der Waals surface area contributed by atoms with Crippen LogP contribution in [-0.2, 0) is 4.79 Å². The van der Waals surface area contributed by atoms with Gasteiger partial charge in [-0.05, 0) is 31.0 Å². The van der Waals surface area contributed by atoms with Crippen LogP contribution >= 0.6 is 0 Å². The SMILES string of the molecule is CCC(=O)N1CCN(CC(=O)c2ccc(C)c(C)c2)CC1. The molecule has 1 fully saturated rings. The maximum atomic E-state index is 12.3. The molecule has 0 radical (unpaired) electrons. The van der Waals surface area contributed by atoms with Crippen molar-refractivity contribution >= 4 is 11.7 Å². The van der Waals surface area contributed by atoms with Crippen molar-refractivity contribution in [2.24, 2.45) is 0 Å². The second-order valence-corrected chi connectivity index (χ2v) is 5.73. The number of amides is 1. The van der Waals surface area contributed by atoms with E-state index in [1.807, 2.05) is 43.9 Å². The molecule has 0 saturated carbocycles. The number of nitrogens with zero attached hydrogens (tertiary/aromatic N) is 2. The summed E-state index contributed by atoms with van der Waals surface area (Å²) in [6.45, 7) is 9.42. The van der Waals surface area contributed by atoms with E-state index in [0.29, 0.717) is 13.0 Å². The summed E-state index contributed by atoms with van der Waals surface area (Å²) in [4.78, 5) is 28.0. The van der Waals surface area contributed by atoms with Crippen molar-refractivity contribution in [1.29, 1.82) is 0 Å². The standard InChI is InChI=1S/C17H24N2O2/c1-4-17(21)19-9-7-18(8-10-19)12-16(20)15-6-5-13(2)14(3)11-15/h5-6,11H,4,7-10,12H2,1-3H3. The zero-order valence-electron chi connectivity index (χ0n) is 13.2. The Hall–Kier alpha value is -1.68. The Labute approximate surface area is 126 Å². The van der Waals surface area contributed by atoms with Gasteiger partial charge in [-0.25, -0.2) is 0 Å². The summed E-state index contributed by atoms with van der Waals surface area (Å²) >= 11 is 0. The van der Waals surface area contributed by atoms with E-state index in [2.05, 4.69) is 4.90 Å². The molecule has 0 spiro atoms. The van der Waals surface area contributed by atoms with Crippen molar-refractivity contribution in [3.05, 3.63) is 34.9 Å². The molecule has 4 heteroatoms. The molecule has 0 bridgehead atoms. The van der Waals surface area contributed by atoms with Crippen LogP contribution in [0, 0.1) is 13.8 Å². The molecule has 21 heavy (non-hydrogen) atoms. The maximum Gasteiger partial charge on any atom is 0.222 e. The molecule has 1 aliphatic heterocycles. The maximum absolute atomic E-state index is 12.3. The topological polar surface area (TPSA) is 40.6 Å². The molecule has 1 aromatic rings. The Morgan fingerprint density at radius 3 is 2.29 bits per heavy atom. The van der Waals surface area contributed by atoms with E-state index in [9.17, 15) is 9.59 Å². The molecule has 2 rings (SSSR count). The molecule has 0 N–H and O–H groups in total. The molecule has 0 aliphatic carbocycles. The summed E-state index contributed by atoms with van der Waals surface area (Å²) in [6.07, 6.45) is 0.557. The second kappa shape index (κ2) is 6.85. The number of ketones is 1. The third kappa shape index (κ3) is 3.91. The summed E-state index contributed by atoms with van der Waals surface area (Å²) in [5.74, 6) is 0.364. The van der Waals surface area contributed by atoms with Crippen molar-refractivity contribution in [1.82, 2.24) is 9.80 Å². The number of benzene rings is 1. The highest BCUT2D eigenvalue weighted by atomic mass is 16.2. The van der Waals surface area contributed by atoms with Crippen LogP contribution in [0.1, 0.15) is 34.8 Å². The fourth-order valence-corrected chi connectivity index (χ4v) is 2.59. The van der Waals surface area contributed by atoms with Crippen LogP contribution in [0.15, 0.2) is 18.2 Å². The molecule has 1 heterocycles. The summed E-state index contributed by atoms with van der Waals surface area (Å²) in [5.41, 5.74) is 3.14. The van der Waals surface area contributed by atoms with Crippen LogP contribution in [-0.4, -0.2) is 54.2 Å². The van der Waals surface area contributed by atoms with Gasteiger partial charge in [0.25, 0.3) is 0 Å². The normalized spacial score (nSPS) is 16.0. The van der Waals surface area contributed by atoms with Gasteiger partial charge < -0.3 is 4.90 Å². The summed E-state index contributed by atoms with van der Waals surface area (Å²) in [7, 11) is 0. The fourth-order valence-electron chi connectivity index (χ4n) is 2.59. The lowest BCUT2D eigenvalue weighted by Crippen LogP contribution is -2.49. The molecule has 1 saturated heterocycles. The summed E-state index contributed by atoms with van der Waals surface area (Å²) in [6, 6.07) is 5.87. The van der Waals surface area contributed by atoms with E-state index in [0.717, 1.165) is 37.3 Å². The van der Waals surface area contributed by atoms with Gasteiger partial charge in [0.2, 0.25) is 5.91 Å². The average Bonchev–Trinajstić information content (AvgIpc) is 2.50. The zero-order valence-corrected chi connectivity index (χ0v) is 13.2. The molecular formula is C17H24N2O2. The second-order valence-electron chi connectivity index (χ2n) is 5.73. The van der Waals surface area contributed by atoms with Crippen LogP contribution in [0.5, 0.6) is 0 Å². The fraction of sp³-hybridized carbons (Fsp3) is 0.529. The lowest BCUT2D eigenvalue weighted by atomic mass is 10.0. The van der Waals surface area contributed by atoms with E-state index < -0.39 is 0 Å². The van der Waals surface area contributed by atoms with Crippen LogP contribution in [0.3, 0.4) is 0 Å². The van der Waals surface area contributed by atoms with Crippen molar-refractivity contribution < 1.29 is 9.59 Å². The first-order valence-electron chi connectivity index (χ1n) is 7.62. The minimum Gasteiger partial charge on any atom is -0.340 e. The molecule has 4 nitrogen and oxygen atoms in total. The Morgan fingerprint density at radius 2 is 1.71 bits per heavy atom. The smallest absolute Gasteiger partial charge is 0.222 e. The number of piperazine rings is 1. The number of rotatable bonds is 4. The molecule has 114 valence electrons. The Kier molecular flexibility index (Phi) is 5.12. The van der Waals surface area contributed by atoms with E-state index in [-0.39, 0.29) is 11.7 Å². The predicted octanol–water partition coefficient (Wildman–Crippen LogP) is 2.04. The van der Waals surface area contributed by atoms with Crippen LogP contribution in [0.25, 0.3) is 0 Å². The average molecular weight is 288 g/mol. The monoisotopic (exact) mass is 288 g/mol. The number of Topliss-reactive ketones (excluding diaryl/α,β-unsaturated/α-hetero) is 1. The molecule has 1 aliphatic rings. The predicted molar refractivity (Wildman–Crippen MR) is 83.6 cm³/mol. The van der Waals surface area contributed by atoms with E-state index in [1.165, 1.54) is 5.56 Å². The number of aryl methyl sites for hydroxylation is 2. The first-order valence-corrected chi connectivity index (χ1v) is 7.62. The van der Waals surface area contributed by atoms with Crippen molar-refractivity contribution in [3.63, 3.8) is 0 Å². The highest BCUT2D eigenvalue weighted by Gasteiger charge is 2.21. The molecular weight excluding hydrogens is 264 g/mol. The molecule has 0 aromatic heterocycles. The first-order chi connectivity index (χ1) is 10.0. The Balaban J connectivity index is 1.89.